The summed E-state index contributed by atoms with van der Waals surface area (Å²) in [7, 11) is 1.66. The van der Waals surface area contributed by atoms with Gasteiger partial charge in [-0.05, 0) is 6.07 Å². The van der Waals surface area contributed by atoms with E-state index in [0.717, 1.165) is 0 Å². The summed E-state index contributed by atoms with van der Waals surface area (Å²) in [6.07, 6.45) is 4.08. The molecule has 0 radical (unpaired) electrons. The van der Waals surface area contributed by atoms with Gasteiger partial charge in [0.2, 0.25) is 0 Å². The number of rotatable bonds is 4. The first-order valence-corrected chi connectivity index (χ1v) is 6.52. The maximum absolute atomic E-state index is 12.4. The first-order valence-electron chi connectivity index (χ1n) is 6.52. The van der Waals surface area contributed by atoms with Crippen molar-refractivity contribution in [2.24, 2.45) is 5.84 Å². The fourth-order valence-electron chi connectivity index (χ4n) is 2.32. The molecule has 20 heavy (non-hydrogen) atoms. The lowest BCUT2D eigenvalue weighted by Gasteiger charge is -2.35. The molecule has 0 saturated carbocycles. The van der Waals surface area contributed by atoms with Crippen LogP contribution in [-0.4, -0.2) is 53.3 Å². The number of nitrogens with zero attached hydrogens (tertiary/aromatic N) is 2. The summed E-state index contributed by atoms with van der Waals surface area (Å²) in [6, 6.07) is 1.60. The molecule has 1 aromatic heterocycles. The van der Waals surface area contributed by atoms with Gasteiger partial charge in [-0.2, -0.15) is 0 Å². The third-order valence-corrected chi connectivity index (χ3v) is 3.51. The van der Waals surface area contributed by atoms with Gasteiger partial charge in [0.05, 0.1) is 23.0 Å². The lowest BCUT2D eigenvalue weighted by Crippen LogP contribution is -2.47. The molecule has 7 heteroatoms. The molecule has 110 valence electrons. The average molecular weight is 280 g/mol. The third kappa shape index (κ3) is 3.24. The summed E-state index contributed by atoms with van der Waals surface area (Å²) in [5.41, 5.74) is 2.46. The number of amides is 1. The third-order valence-electron chi connectivity index (χ3n) is 3.51. The molecule has 0 atom stereocenters. The number of aromatic nitrogens is 1. The summed E-state index contributed by atoms with van der Waals surface area (Å²) in [5, 5.41) is 10.4. The molecule has 1 aliphatic rings. The predicted molar refractivity (Wildman–Crippen MR) is 74.0 cm³/mol. The summed E-state index contributed by atoms with van der Waals surface area (Å²) in [4.78, 5) is 17.8. The Balaban J connectivity index is 2.08. The van der Waals surface area contributed by atoms with Crippen LogP contribution >= 0.6 is 0 Å². The molecule has 7 nitrogen and oxygen atoms in total. The molecule has 1 aliphatic heterocycles. The van der Waals surface area contributed by atoms with Crippen molar-refractivity contribution in [1.82, 2.24) is 9.88 Å². The van der Waals surface area contributed by atoms with Crippen molar-refractivity contribution in [3.05, 3.63) is 24.0 Å². The van der Waals surface area contributed by atoms with Gasteiger partial charge < -0.3 is 20.2 Å². The molecule has 0 bridgehead atoms. The highest BCUT2D eigenvalue weighted by Gasteiger charge is 2.32. The normalized spacial score (nSPS) is 17.6. The van der Waals surface area contributed by atoms with E-state index in [-0.39, 0.29) is 12.5 Å². The Morgan fingerprint density at radius 2 is 2.30 bits per heavy atom. The number of hydrogen-bond acceptors (Lipinski definition) is 6. The van der Waals surface area contributed by atoms with Gasteiger partial charge in [0.1, 0.15) is 0 Å². The summed E-state index contributed by atoms with van der Waals surface area (Å²) < 4.78 is 5.23. The van der Waals surface area contributed by atoms with Crippen molar-refractivity contribution >= 4 is 11.6 Å². The monoisotopic (exact) mass is 280 g/mol. The van der Waals surface area contributed by atoms with Crippen LogP contribution in [0.25, 0.3) is 0 Å². The second kappa shape index (κ2) is 6.17. The van der Waals surface area contributed by atoms with Crippen molar-refractivity contribution in [3.63, 3.8) is 0 Å². The van der Waals surface area contributed by atoms with Crippen LogP contribution in [0.1, 0.15) is 23.2 Å². The second-order valence-corrected chi connectivity index (χ2v) is 5.06. The van der Waals surface area contributed by atoms with E-state index in [1.165, 1.54) is 17.3 Å². The molecule has 1 amide bonds. The predicted octanol–water partition coefficient (Wildman–Crippen LogP) is -0.0193. The van der Waals surface area contributed by atoms with Crippen LogP contribution in [0.5, 0.6) is 0 Å². The molecule has 1 fully saturated rings. The molecule has 0 spiro atoms. The van der Waals surface area contributed by atoms with Crippen molar-refractivity contribution in [3.8, 4) is 0 Å². The van der Waals surface area contributed by atoms with Crippen LogP contribution in [0.4, 0.5) is 5.69 Å². The molecular formula is C13H20N4O3. The Hall–Kier alpha value is -1.70. The Morgan fingerprint density at radius 3 is 2.95 bits per heavy atom. The van der Waals surface area contributed by atoms with Gasteiger partial charge in [0.15, 0.2) is 0 Å². The summed E-state index contributed by atoms with van der Waals surface area (Å²) >= 11 is 0. The number of ether oxygens (including phenoxy) is 1. The zero-order valence-corrected chi connectivity index (χ0v) is 11.5. The van der Waals surface area contributed by atoms with Crippen molar-refractivity contribution in [2.45, 2.75) is 18.4 Å². The number of anilines is 1. The zero-order valence-electron chi connectivity index (χ0n) is 11.5. The van der Waals surface area contributed by atoms with E-state index in [1.807, 2.05) is 0 Å². The van der Waals surface area contributed by atoms with Crippen molar-refractivity contribution in [2.75, 3.05) is 32.2 Å². The van der Waals surface area contributed by atoms with Gasteiger partial charge in [-0.1, -0.05) is 0 Å². The largest absolute Gasteiger partial charge is 0.388 e. The Labute approximate surface area is 117 Å². The minimum atomic E-state index is -0.883. The van der Waals surface area contributed by atoms with E-state index >= 15 is 0 Å². The molecule has 0 aliphatic carbocycles. The van der Waals surface area contributed by atoms with Crippen LogP contribution in [0.3, 0.4) is 0 Å². The number of hydrazine groups is 1. The maximum Gasteiger partial charge on any atom is 0.255 e. The van der Waals surface area contributed by atoms with Gasteiger partial charge in [0, 0.05) is 45.8 Å². The smallest absolute Gasteiger partial charge is 0.255 e. The molecule has 1 saturated heterocycles. The molecule has 2 rings (SSSR count). The molecule has 0 unspecified atom stereocenters. The van der Waals surface area contributed by atoms with Crippen LogP contribution < -0.4 is 11.3 Å². The molecule has 4 N–H and O–H groups in total. The number of nitrogen functional groups attached to an aromatic ring is 1. The minimum absolute atomic E-state index is 0.208. The first-order chi connectivity index (χ1) is 9.56. The molecular weight excluding hydrogens is 260 g/mol. The van der Waals surface area contributed by atoms with Crippen molar-refractivity contribution < 1.29 is 14.6 Å². The highest BCUT2D eigenvalue weighted by Crippen LogP contribution is 2.23. The summed E-state index contributed by atoms with van der Waals surface area (Å²) in [6.45, 7) is 1.30. The van der Waals surface area contributed by atoms with E-state index in [9.17, 15) is 9.90 Å². The molecule has 0 aromatic carbocycles. The van der Waals surface area contributed by atoms with Crippen molar-refractivity contribution in [1.29, 1.82) is 0 Å². The van der Waals surface area contributed by atoms with E-state index in [1.54, 1.807) is 13.1 Å². The second-order valence-electron chi connectivity index (χ2n) is 5.06. The van der Waals surface area contributed by atoms with E-state index < -0.39 is 5.60 Å². The van der Waals surface area contributed by atoms with Gasteiger partial charge >= 0.3 is 0 Å². The number of carbonyl (C=O) groups is 1. The number of nitrogens with two attached hydrogens (primary N) is 1. The number of aliphatic hydroxyl groups is 1. The molecule has 1 aromatic rings. The van der Waals surface area contributed by atoms with Gasteiger partial charge in [-0.25, -0.2) is 0 Å². The van der Waals surface area contributed by atoms with Crippen LogP contribution in [0.15, 0.2) is 18.5 Å². The number of nitrogens with one attached hydrogen (secondary N) is 1. The standard InChI is InChI=1S/C13H20N4O3/c1-17(9-13(19)3-6-20-7-4-13)12(18)10-2-5-15-8-11(10)16-14/h2,5,8,16,19H,3-4,6-7,9,14H2,1H3. The topological polar surface area (TPSA) is 101 Å². The first kappa shape index (κ1) is 14.7. The average Bonchev–Trinajstić information content (AvgIpc) is 2.46. The van der Waals surface area contributed by atoms with Crippen LogP contribution in [0, 0.1) is 0 Å². The van der Waals surface area contributed by atoms with E-state index in [2.05, 4.69) is 10.4 Å². The molecule has 2 heterocycles. The lowest BCUT2D eigenvalue weighted by molar-refractivity contribution is -0.0734. The lowest BCUT2D eigenvalue weighted by atomic mass is 9.93. The summed E-state index contributed by atoms with van der Waals surface area (Å²) in [5.74, 6) is 5.16. The SMILES string of the molecule is CN(CC1(O)CCOCC1)C(=O)c1ccncc1NN. The number of likely N-dealkylation sites (N-methyl/N-ethyl adjacent to an activating group) is 1. The van der Waals surface area contributed by atoms with Crippen LogP contribution in [-0.2, 0) is 4.74 Å². The fraction of sp³-hybridized carbons (Fsp3) is 0.538. The van der Waals surface area contributed by atoms with Gasteiger partial charge in [-0.3, -0.25) is 15.6 Å². The highest BCUT2D eigenvalue weighted by molar-refractivity contribution is 5.99. The fourth-order valence-corrected chi connectivity index (χ4v) is 2.32. The quantitative estimate of drug-likeness (QED) is 0.529. The maximum atomic E-state index is 12.4. The number of pyridine rings is 1. The zero-order chi connectivity index (χ0) is 14.6. The van der Waals surface area contributed by atoms with E-state index in [0.29, 0.717) is 37.3 Å². The van der Waals surface area contributed by atoms with E-state index in [4.69, 9.17) is 10.6 Å². The van der Waals surface area contributed by atoms with Gasteiger partial charge in [0.25, 0.3) is 5.91 Å². The Kier molecular flexibility index (Phi) is 4.53. The number of hydrogen-bond donors (Lipinski definition) is 3. The number of carbonyl (C=O) groups excluding carboxylic acids is 1. The van der Waals surface area contributed by atoms with Gasteiger partial charge in [-0.15, -0.1) is 0 Å². The Morgan fingerprint density at radius 1 is 1.60 bits per heavy atom. The minimum Gasteiger partial charge on any atom is -0.388 e. The highest BCUT2D eigenvalue weighted by atomic mass is 16.5. The Bertz CT molecular complexity index is 474. The van der Waals surface area contributed by atoms with Crippen LogP contribution in [0.2, 0.25) is 0 Å².